The fraction of sp³-hybridized carbons (Fsp3) is 0.316. The second-order valence-corrected chi connectivity index (χ2v) is 9.36. The number of oxime groups is 1. The molecule has 36 heavy (non-hydrogen) atoms. The van der Waals surface area contributed by atoms with Gasteiger partial charge in [0, 0.05) is 30.3 Å². The van der Waals surface area contributed by atoms with Gasteiger partial charge < -0.3 is 20.6 Å². The Morgan fingerprint density at radius 3 is 2.83 bits per heavy atom. The zero-order valence-corrected chi connectivity index (χ0v) is 20.4. The van der Waals surface area contributed by atoms with Crippen LogP contribution in [-0.4, -0.2) is 95.1 Å². The summed E-state index contributed by atoms with van der Waals surface area (Å²) in [5, 5.41) is 29.6. The molecule has 188 valence electrons. The van der Waals surface area contributed by atoms with E-state index in [0.717, 1.165) is 0 Å². The maximum Gasteiger partial charge on any atom is 0.352 e. The van der Waals surface area contributed by atoms with Gasteiger partial charge >= 0.3 is 5.97 Å². The average Bonchev–Trinajstić information content (AvgIpc) is 3.28. The first kappa shape index (κ1) is 25.1. The van der Waals surface area contributed by atoms with E-state index in [1.807, 2.05) is 0 Å². The zero-order chi connectivity index (χ0) is 25.8. The summed E-state index contributed by atoms with van der Waals surface area (Å²) < 4.78 is 1.46. The Kier molecular flexibility index (Phi) is 7.49. The monoisotopic (exact) mass is 533 g/mol. The van der Waals surface area contributed by atoms with Gasteiger partial charge in [-0.3, -0.25) is 19.3 Å². The number of β-lactam (4-membered cyclic amide) rings is 1. The lowest BCUT2D eigenvalue weighted by atomic mass is 10.0. The van der Waals surface area contributed by atoms with Crippen LogP contribution in [0.2, 0.25) is 0 Å². The number of carboxylic acid groups (broad SMARTS) is 1. The molecule has 4 rings (SSSR count). The summed E-state index contributed by atoms with van der Waals surface area (Å²) in [7, 11) is 2.93. The van der Waals surface area contributed by atoms with Gasteiger partial charge in [0.05, 0.1) is 0 Å². The average molecular weight is 534 g/mol. The summed E-state index contributed by atoms with van der Waals surface area (Å²) in [6.07, 6.45) is 1.78. The highest BCUT2D eigenvalue weighted by molar-refractivity contribution is 8.01. The van der Waals surface area contributed by atoms with E-state index in [-0.39, 0.29) is 28.5 Å². The molecule has 2 aliphatic heterocycles. The molecule has 0 spiro atoms. The number of tetrazole rings is 1. The normalized spacial score (nSPS) is 19.3. The van der Waals surface area contributed by atoms with Crippen molar-refractivity contribution < 1.29 is 29.1 Å². The molecule has 2 aliphatic rings. The second-order valence-electron chi connectivity index (χ2n) is 7.31. The highest BCUT2D eigenvalue weighted by Gasteiger charge is 2.54. The molecule has 0 aromatic carbocycles. The molecule has 15 nitrogen and oxygen atoms in total. The van der Waals surface area contributed by atoms with Crippen molar-refractivity contribution in [3.63, 3.8) is 0 Å². The lowest BCUT2D eigenvalue weighted by Gasteiger charge is -2.49. The van der Waals surface area contributed by atoms with Crippen LogP contribution in [0.15, 0.2) is 39.9 Å². The van der Waals surface area contributed by atoms with Crippen LogP contribution in [-0.2, 0) is 31.1 Å². The van der Waals surface area contributed by atoms with Crippen LogP contribution in [0.5, 0.6) is 0 Å². The van der Waals surface area contributed by atoms with E-state index in [4.69, 9.17) is 4.84 Å². The predicted octanol–water partition coefficient (Wildman–Crippen LogP) is -0.945. The van der Waals surface area contributed by atoms with Gasteiger partial charge in [-0.15, -0.1) is 16.9 Å². The molecule has 4 heterocycles. The molecule has 17 heteroatoms. The van der Waals surface area contributed by atoms with Gasteiger partial charge in [0.25, 0.3) is 11.8 Å². The third kappa shape index (κ3) is 4.87. The van der Waals surface area contributed by atoms with E-state index < -0.39 is 29.2 Å². The Hall–Kier alpha value is -3.99. The number of amides is 3. The highest BCUT2D eigenvalue weighted by Crippen LogP contribution is 2.41. The Bertz CT molecular complexity index is 1260. The number of carboxylic acids is 1. The molecular weight excluding hydrogens is 514 g/mol. The Labute approximate surface area is 211 Å². The number of nitrogens with zero attached hydrogens (tertiary/aromatic N) is 7. The smallest absolute Gasteiger partial charge is 0.352 e. The van der Waals surface area contributed by atoms with Gasteiger partial charge in [-0.25, -0.2) is 14.5 Å². The predicted molar refractivity (Wildman–Crippen MR) is 127 cm³/mol. The number of carbonyl (C=O) groups excluding carboxylic acids is 3. The quantitative estimate of drug-likeness (QED) is 0.112. The number of anilines is 1. The fourth-order valence-corrected chi connectivity index (χ4v) is 5.83. The van der Waals surface area contributed by atoms with Gasteiger partial charge in [-0.1, -0.05) is 16.9 Å². The molecule has 3 N–H and O–H groups in total. The van der Waals surface area contributed by atoms with Crippen LogP contribution in [0, 0.1) is 0 Å². The Balaban J connectivity index is 1.48. The van der Waals surface area contributed by atoms with Crippen LogP contribution in [0.3, 0.4) is 0 Å². The van der Waals surface area contributed by atoms with Crippen molar-refractivity contribution in [1.29, 1.82) is 0 Å². The minimum absolute atomic E-state index is 0.106. The number of aromatic nitrogens is 5. The number of aryl methyl sites for hydroxylation is 1. The summed E-state index contributed by atoms with van der Waals surface area (Å²) in [5.41, 5.74) is 0.587. The standard InChI is InChI=1S/C19H19N9O6S2/c1-27-19(23-25-26-27)36-7-10-6-35-17-13(16(31)28(17)14(10)18(32)33)22-15(30)12(24-34-2)9-3-4-11(20-5-9)21-8-29/h3-5,8,13,17H,6-7H2,1-2H3,(H,22,30)(H,32,33)(H,20,21,29)/t13?,17-/m0/s1. The van der Waals surface area contributed by atoms with Crippen molar-refractivity contribution in [2.45, 2.75) is 16.6 Å². The van der Waals surface area contributed by atoms with Crippen LogP contribution in [0.4, 0.5) is 5.82 Å². The summed E-state index contributed by atoms with van der Waals surface area (Å²) in [6, 6.07) is 2.01. The first-order chi connectivity index (χ1) is 17.3. The molecule has 1 fully saturated rings. The van der Waals surface area contributed by atoms with Gasteiger partial charge in [-0.05, 0) is 28.1 Å². The second kappa shape index (κ2) is 10.7. The zero-order valence-electron chi connectivity index (χ0n) is 18.8. The highest BCUT2D eigenvalue weighted by atomic mass is 32.2. The third-order valence-electron chi connectivity index (χ3n) is 5.13. The van der Waals surface area contributed by atoms with Gasteiger partial charge in [-0.2, -0.15) is 0 Å². The number of nitrogens with one attached hydrogen (secondary N) is 2. The van der Waals surface area contributed by atoms with E-state index in [0.29, 0.717) is 22.9 Å². The van der Waals surface area contributed by atoms with Crippen LogP contribution >= 0.6 is 23.5 Å². The van der Waals surface area contributed by atoms with Crippen LogP contribution < -0.4 is 10.6 Å². The van der Waals surface area contributed by atoms with Crippen molar-refractivity contribution in [1.82, 2.24) is 35.4 Å². The third-order valence-corrected chi connectivity index (χ3v) is 7.57. The molecule has 2 aromatic heterocycles. The molecule has 0 saturated carbocycles. The van der Waals surface area contributed by atoms with E-state index in [1.54, 1.807) is 7.05 Å². The Morgan fingerprint density at radius 1 is 1.42 bits per heavy atom. The Morgan fingerprint density at radius 2 is 2.22 bits per heavy atom. The maximum absolute atomic E-state index is 13.0. The number of fused-ring (bicyclic) bond motifs is 1. The molecule has 1 saturated heterocycles. The van der Waals surface area contributed by atoms with E-state index in [2.05, 4.69) is 36.3 Å². The molecule has 2 aromatic rings. The minimum atomic E-state index is -1.23. The van der Waals surface area contributed by atoms with Gasteiger partial charge in [0.1, 0.15) is 30.0 Å². The van der Waals surface area contributed by atoms with Gasteiger partial charge in [0.2, 0.25) is 11.6 Å². The number of thioether (sulfide) groups is 2. The molecule has 2 atom stereocenters. The minimum Gasteiger partial charge on any atom is -0.477 e. The van der Waals surface area contributed by atoms with E-state index >= 15 is 0 Å². The molecule has 3 amide bonds. The number of hydrogen-bond acceptors (Lipinski definition) is 12. The van der Waals surface area contributed by atoms with Crippen molar-refractivity contribution in [3.8, 4) is 0 Å². The van der Waals surface area contributed by atoms with Crippen molar-refractivity contribution in [3.05, 3.63) is 35.2 Å². The van der Waals surface area contributed by atoms with E-state index in [9.17, 15) is 24.3 Å². The largest absolute Gasteiger partial charge is 0.477 e. The van der Waals surface area contributed by atoms with E-state index in [1.165, 1.54) is 58.5 Å². The number of aliphatic carboxylic acids is 1. The first-order valence-corrected chi connectivity index (χ1v) is 12.2. The summed E-state index contributed by atoms with van der Waals surface area (Å²) in [4.78, 5) is 58.5. The maximum atomic E-state index is 13.0. The lowest BCUT2D eigenvalue weighted by Crippen LogP contribution is -2.71. The van der Waals surface area contributed by atoms with Crippen molar-refractivity contribution >= 4 is 59.2 Å². The number of carbonyl (C=O) groups is 4. The number of rotatable bonds is 10. The molecule has 0 bridgehead atoms. The molecule has 0 aliphatic carbocycles. The van der Waals surface area contributed by atoms with Gasteiger partial charge in [0.15, 0.2) is 5.71 Å². The number of pyridine rings is 1. The van der Waals surface area contributed by atoms with Crippen LogP contribution in [0.1, 0.15) is 5.56 Å². The summed E-state index contributed by atoms with van der Waals surface area (Å²) in [6.45, 7) is 0. The topological polar surface area (TPSA) is 194 Å². The number of hydrogen-bond donors (Lipinski definition) is 3. The SMILES string of the molecule is CON=C(C(=O)NC1C(=O)N2C(C(=O)O)=C(CSc3nnnn3C)CS[C@@H]12)c1ccc(NC=O)nc1. The molecular formula is C19H19N9O6S2. The van der Waals surface area contributed by atoms with Crippen LogP contribution in [0.25, 0.3) is 0 Å². The molecule has 1 unspecified atom stereocenters. The molecule has 0 radical (unpaired) electrons. The summed E-state index contributed by atoms with van der Waals surface area (Å²) >= 11 is 2.60. The lowest BCUT2D eigenvalue weighted by molar-refractivity contribution is -0.150. The first-order valence-electron chi connectivity index (χ1n) is 10.2. The summed E-state index contributed by atoms with van der Waals surface area (Å²) in [5.74, 6) is -1.60. The van der Waals surface area contributed by atoms with Crippen molar-refractivity contribution in [2.75, 3.05) is 23.9 Å². The fourth-order valence-electron chi connectivity index (χ4n) is 3.50. The van der Waals surface area contributed by atoms with Crippen molar-refractivity contribution in [2.24, 2.45) is 12.2 Å².